The number of oxime groups is 1. The molecule has 4 N–H and O–H groups in total. The van der Waals surface area contributed by atoms with Crippen LogP contribution in [0.2, 0.25) is 5.02 Å². The maximum absolute atomic E-state index is 8.98. The first-order valence-electron chi connectivity index (χ1n) is 6.64. The van der Waals surface area contributed by atoms with Gasteiger partial charge in [-0.05, 0) is 30.2 Å². The molecule has 1 atom stereocenters. The molecule has 0 aliphatic rings. The number of rotatable bonds is 5. The van der Waals surface area contributed by atoms with Crippen LogP contribution >= 0.6 is 11.6 Å². The molecule has 0 heterocycles. The van der Waals surface area contributed by atoms with Crippen molar-refractivity contribution in [3.05, 3.63) is 64.7 Å². The van der Waals surface area contributed by atoms with Crippen molar-refractivity contribution in [2.45, 2.75) is 12.8 Å². The Balaban J connectivity index is 2.19. The van der Waals surface area contributed by atoms with Gasteiger partial charge >= 0.3 is 0 Å². The number of nitrogens with two attached hydrogens (primary N) is 1. The molecule has 0 saturated heterocycles. The summed E-state index contributed by atoms with van der Waals surface area (Å²) < 4.78 is 0. The average molecular weight is 304 g/mol. The zero-order valence-corrected chi connectivity index (χ0v) is 12.5. The van der Waals surface area contributed by atoms with E-state index in [-0.39, 0.29) is 11.8 Å². The van der Waals surface area contributed by atoms with E-state index < -0.39 is 0 Å². The molecule has 1 unspecified atom stereocenters. The Labute approximate surface area is 129 Å². The zero-order valence-electron chi connectivity index (χ0n) is 11.8. The van der Waals surface area contributed by atoms with Gasteiger partial charge in [-0.15, -0.1) is 0 Å². The number of hydrogen-bond acceptors (Lipinski definition) is 3. The number of halogens is 1. The first-order valence-corrected chi connectivity index (χ1v) is 7.02. The Hall–Kier alpha value is -2.20. The summed E-state index contributed by atoms with van der Waals surface area (Å²) in [7, 11) is 0. The largest absolute Gasteiger partial charge is 0.409 e. The first kappa shape index (κ1) is 15.2. The van der Waals surface area contributed by atoms with E-state index in [0.717, 1.165) is 16.8 Å². The lowest BCUT2D eigenvalue weighted by Crippen LogP contribution is -2.28. The molecule has 2 rings (SSSR count). The van der Waals surface area contributed by atoms with Gasteiger partial charge in [-0.3, -0.25) is 0 Å². The van der Waals surface area contributed by atoms with E-state index in [1.165, 1.54) is 0 Å². The van der Waals surface area contributed by atoms with Gasteiger partial charge in [-0.2, -0.15) is 0 Å². The summed E-state index contributed by atoms with van der Waals surface area (Å²) in [5.41, 5.74) is 8.83. The molecule has 4 nitrogen and oxygen atoms in total. The maximum Gasteiger partial charge on any atom is 0.148 e. The normalized spacial score (nSPS) is 13.0. The third kappa shape index (κ3) is 3.89. The van der Waals surface area contributed by atoms with Crippen molar-refractivity contribution in [1.29, 1.82) is 0 Å². The van der Waals surface area contributed by atoms with Crippen LogP contribution in [0.3, 0.4) is 0 Å². The van der Waals surface area contributed by atoms with Crippen molar-refractivity contribution in [3.8, 4) is 0 Å². The highest BCUT2D eigenvalue weighted by molar-refractivity contribution is 6.30. The van der Waals surface area contributed by atoms with Crippen LogP contribution in [0.4, 0.5) is 5.69 Å². The Morgan fingerprint density at radius 1 is 1.29 bits per heavy atom. The second-order valence-electron chi connectivity index (χ2n) is 4.83. The molecule has 0 aliphatic carbocycles. The van der Waals surface area contributed by atoms with Crippen LogP contribution in [0.5, 0.6) is 0 Å². The smallest absolute Gasteiger partial charge is 0.148 e. The summed E-state index contributed by atoms with van der Waals surface area (Å²) in [6, 6.07) is 15.4. The molecule has 2 aromatic rings. The average Bonchev–Trinajstić information content (AvgIpc) is 2.51. The van der Waals surface area contributed by atoms with Crippen LogP contribution < -0.4 is 11.1 Å². The fourth-order valence-corrected chi connectivity index (χ4v) is 2.32. The molecule has 5 heteroatoms. The molecular weight excluding hydrogens is 286 g/mol. The predicted molar refractivity (Wildman–Crippen MR) is 87.3 cm³/mol. The van der Waals surface area contributed by atoms with Gasteiger partial charge in [-0.1, -0.05) is 53.2 Å². The molecule has 0 saturated carbocycles. The minimum Gasteiger partial charge on any atom is -0.409 e. The molecule has 0 spiro atoms. The summed E-state index contributed by atoms with van der Waals surface area (Å²) in [5, 5.41) is 16.1. The van der Waals surface area contributed by atoms with Crippen molar-refractivity contribution in [3.63, 3.8) is 0 Å². The Morgan fingerprint density at radius 2 is 2.00 bits per heavy atom. The van der Waals surface area contributed by atoms with E-state index in [0.29, 0.717) is 11.6 Å². The lowest BCUT2D eigenvalue weighted by atomic mass is 9.98. The molecule has 0 amide bonds. The molecule has 21 heavy (non-hydrogen) atoms. The van der Waals surface area contributed by atoms with Crippen molar-refractivity contribution >= 4 is 23.1 Å². The summed E-state index contributed by atoms with van der Waals surface area (Å²) in [6.07, 6.45) is 0. The quantitative estimate of drug-likeness (QED) is 0.342. The van der Waals surface area contributed by atoms with E-state index in [9.17, 15) is 0 Å². The van der Waals surface area contributed by atoms with Crippen LogP contribution in [0, 0.1) is 6.92 Å². The topological polar surface area (TPSA) is 70.6 Å². The van der Waals surface area contributed by atoms with Crippen LogP contribution in [-0.4, -0.2) is 17.6 Å². The summed E-state index contributed by atoms with van der Waals surface area (Å²) >= 11 is 6.01. The van der Waals surface area contributed by atoms with Crippen LogP contribution in [0.1, 0.15) is 17.0 Å². The lowest BCUT2D eigenvalue weighted by Gasteiger charge is -2.18. The minimum absolute atomic E-state index is 0.174. The monoisotopic (exact) mass is 303 g/mol. The van der Waals surface area contributed by atoms with Crippen LogP contribution in [0.25, 0.3) is 0 Å². The van der Waals surface area contributed by atoms with Gasteiger partial charge < -0.3 is 16.3 Å². The number of amidine groups is 1. The van der Waals surface area contributed by atoms with Gasteiger partial charge in [0.05, 0.1) is 5.92 Å². The number of nitrogens with one attached hydrogen (secondary N) is 1. The fraction of sp³-hybridized carbons (Fsp3) is 0.188. The van der Waals surface area contributed by atoms with Gasteiger partial charge in [0, 0.05) is 17.3 Å². The minimum atomic E-state index is -0.213. The molecule has 110 valence electrons. The molecular formula is C16H18ClN3O. The van der Waals surface area contributed by atoms with E-state index in [4.69, 9.17) is 22.5 Å². The second kappa shape index (κ2) is 6.99. The molecule has 0 fully saturated rings. The van der Waals surface area contributed by atoms with Gasteiger partial charge in [-0.25, -0.2) is 0 Å². The highest BCUT2D eigenvalue weighted by Crippen LogP contribution is 2.22. The molecule has 0 radical (unpaired) electrons. The van der Waals surface area contributed by atoms with Crippen molar-refractivity contribution < 1.29 is 5.21 Å². The molecule has 0 bridgehead atoms. The van der Waals surface area contributed by atoms with Crippen molar-refractivity contribution in [2.75, 3.05) is 11.9 Å². The lowest BCUT2D eigenvalue weighted by molar-refractivity contribution is 0.316. The Bertz CT molecular complexity index is 629. The van der Waals surface area contributed by atoms with Crippen LogP contribution in [0.15, 0.2) is 53.7 Å². The van der Waals surface area contributed by atoms with Gasteiger partial charge in [0.1, 0.15) is 5.84 Å². The number of aryl methyl sites for hydroxylation is 1. The third-order valence-corrected chi connectivity index (χ3v) is 3.61. The third-order valence-electron chi connectivity index (χ3n) is 3.37. The maximum atomic E-state index is 8.98. The zero-order chi connectivity index (χ0) is 15.2. The Morgan fingerprint density at radius 3 is 2.67 bits per heavy atom. The number of anilines is 1. The van der Waals surface area contributed by atoms with E-state index >= 15 is 0 Å². The SMILES string of the molecule is Cc1ccc(Cl)cc1NCC(C(N)=NO)c1ccccc1. The number of nitrogens with zero attached hydrogens (tertiary/aromatic N) is 1. The van der Waals surface area contributed by atoms with E-state index in [1.807, 2.05) is 55.5 Å². The second-order valence-corrected chi connectivity index (χ2v) is 5.26. The summed E-state index contributed by atoms with van der Waals surface area (Å²) in [5.74, 6) is -0.0389. The molecule has 0 aromatic heterocycles. The summed E-state index contributed by atoms with van der Waals surface area (Å²) in [4.78, 5) is 0. The summed E-state index contributed by atoms with van der Waals surface area (Å²) in [6.45, 7) is 2.51. The standard InChI is InChI=1S/C16H18ClN3O/c1-11-7-8-13(17)9-15(11)19-10-14(16(18)20-21)12-5-3-2-4-6-12/h2-9,14,19,21H,10H2,1H3,(H2,18,20). The first-order chi connectivity index (χ1) is 10.1. The number of hydrogen-bond donors (Lipinski definition) is 3. The number of benzene rings is 2. The predicted octanol–water partition coefficient (Wildman–Crippen LogP) is 3.59. The molecule has 2 aromatic carbocycles. The van der Waals surface area contributed by atoms with Crippen molar-refractivity contribution in [2.24, 2.45) is 10.9 Å². The van der Waals surface area contributed by atoms with E-state index in [2.05, 4.69) is 10.5 Å². The fourth-order valence-electron chi connectivity index (χ4n) is 2.14. The van der Waals surface area contributed by atoms with Gasteiger partial charge in [0.2, 0.25) is 0 Å². The molecule has 0 aliphatic heterocycles. The van der Waals surface area contributed by atoms with E-state index in [1.54, 1.807) is 0 Å². The van der Waals surface area contributed by atoms with Gasteiger partial charge in [0.25, 0.3) is 0 Å². The van der Waals surface area contributed by atoms with Crippen molar-refractivity contribution in [1.82, 2.24) is 0 Å². The van der Waals surface area contributed by atoms with Gasteiger partial charge in [0.15, 0.2) is 0 Å². The highest BCUT2D eigenvalue weighted by Gasteiger charge is 2.16. The Kier molecular flexibility index (Phi) is 5.06. The highest BCUT2D eigenvalue weighted by atomic mass is 35.5. The van der Waals surface area contributed by atoms with Crippen LogP contribution in [-0.2, 0) is 0 Å².